The normalized spacial score (nSPS) is 21.1. The number of amides is 2. The number of halogens is 1. The first-order valence-electron chi connectivity index (χ1n) is 12.2. The Kier molecular flexibility index (Phi) is 5.15. The number of fused-ring (bicyclic) bond motifs is 2. The molecule has 37 heavy (non-hydrogen) atoms. The zero-order valence-corrected chi connectivity index (χ0v) is 20.5. The third kappa shape index (κ3) is 3.60. The highest BCUT2D eigenvalue weighted by Crippen LogP contribution is 2.53. The first-order chi connectivity index (χ1) is 17.7. The smallest absolute Gasteiger partial charge is 0.341 e. The summed E-state index contributed by atoms with van der Waals surface area (Å²) in [5, 5.41) is 0. The van der Waals surface area contributed by atoms with Gasteiger partial charge in [-0.15, -0.1) is 0 Å². The fourth-order valence-corrected chi connectivity index (χ4v) is 5.53. The average Bonchev–Trinajstić information content (AvgIpc) is 3.52. The lowest BCUT2D eigenvalue weighted by molar-refractivity contribution is -0.134. The molecule has 9 heteroatoms. The summed E-state index contributed by atoms with van der Waals surface area (Å²) in [4.78, 5) is 49.5. The van der Waals surface area contributed by atoms with Gasteiger partial charge in [-0.1, -0.05) is 18.2 Å². The minimum Gasteiger partial charge on any atom is -0.449 e. The highest BCUT2D eigenvalue weighted by molar-refractivity contribution is 5.96. The van der Waals surface area contributed by atoms with Crippen LogP contribution >= 0.6 is 0 Å². The Hall–Kier alpha value is -4.14. The average molecular weight is 501 g/mol. The van der Waals surface area contributed by atoms with Crippen LogP contribution in [0.15, 0.2) is 55.0 Å². The molecule has 4 heterocycles. The molecule has 1 aromatic carbocycles. The van der Waals surface area contributed by atoms with E-state index in [2.05, 4.69) is 9.97 Å². The first-order valence-corrected chi connectivity index (χ1v) is 12.2. The molecule has 1 unspecified atom stereocenters. The molecule has 0 radical (unpaired) electrons. The molecule has 1 saturated heterocycles. The number of carbonyl (C=O) groups is 3. The van der Waals surface area contributed by atoms with Crippen molar-refractivity contribution in [3.05, 3.63) is 83.2 Å². The Morgan fingerprint density at radius 3 is 2.49 bits per heavy atom. The molecule has 2 aliphatic heterocycles. The Bertz CT molecular complexity index is 1450. The number of nitrogens with zero attached hydrogens (tertiary/aromatic N) is 4. The summed E-state index contributed by atoms with van der Waals surface area (Å²) in [6, 6.07) is 10.00. The number of hydrogen-bond donors (Lipinski definition) is 0. The van der Waals surface area contributed by atoms with Gasteiger partial charge in [0, 0.05) is 62.3 Å². The number of aromatic nitrogens is 2. The second-order valence-electron chi connectivity index (χ2n) is 10.2. The monoisotopic (exact) mass is 500 g/mol. The molecule has 2 amide bonds. The summed E-state index contributed by atoms with van der Waals surface area (Å²) < 4.78 is 21.2. The van der Waals surface area contributed by atoms with Gasteiger partial charge in [-0.3, -0.25) is 19.6 Å². The summed E-state index contributed by atoms with van der Waals surface area (Å²) >= 11 is 0. The molecule has 188 valence electrons. The molecule has 1 aliphatic carbocycles. The number of benzene rings is 1. The summed E-state index contributed by atoms with van der Waals surface area (Å²) in [5.74, 6) is -1.22. The van der Waals surface area contributed by atoms with Crippen molar-refractivity contribution in [2.45, 2.75) is 30.3 Å². The summed E-state index contributed by atoms with van der Waals surface area (Å²) in [6.45, 7) is 0.679. The van der Waals surface area contributed by atoms with Gasteiger partial charge in [-0.2, -0.15) is 0 Å². The fraction of sp³-hybridized carbons (Fsp3) is 0.321. The van der Waals surface area contributed by atoms with E-state index in [0.29, 0.717) is 53.8 Å². The summed E-state index contributed by atoms with van der Waals surface area (Å²) in [5.41, 5.74) is 1.41. The van der Waals surface area contributed by atoms with Crippen molar-refractivity contribution in [1.29, 1.82) is 0 Å². The standard InChI is InChI=1S/C28H25FN4O4/c1-32(2)24(34)23-6-4-18(14-31-23)17-3-5-21(22(29)13-17)27(8-9-27)26(36)33-12-10-28(16-33)20-7-11-30-15-19(20)25(35)37-28/h3-7,11,13-15H,8-10,12,16H2,1-2H3. The number of esters is 1. The van der Waals surface area contributed by atoms with E-state index in [4.69, 9.17) is 4.74 Å². The van der Waals surface area contributed by atoms with E-state index in [1.54, 1.807) is 61.7 Å². The molecular weight excluding hydrogens is 475 g/mol. The van der Waals surface area contributed by atoms with Crippen molar-refractivity contribution in [3.63, 3.8) is 0 Å². The third-order valence-corrected chi connectivity index (χ3v) is 7.71. The van der Waals surface area contributed by atoms with Crippen molar-refractivity contribution in [1.82, 2.24) is 19.8 Å². The maximum atomic E-state index is 15.4. The molecule has 3 aliphatic rings. The second kappa shape index (κ2) is 8.19. The Balaban J connectivity index is 1.23. The van der Waals surface area contributed by atoms with Crippen molar-refractivity contribution < 1.29 is 23.5 Å². The van der Waals surface area contributed by atoms with Gasteiger partial charge in [0.15, 0.2) is 5.60 Å². The first kappa shape index (κ1) is 23.3. The molecule has 8 nitrogen and oxygen atoms in total. The van der Waals surface area contributed by atoms with Crippen LogP contribution in [-0.2, 0) is 20.5 Å². The predicted molar refractivity (Wildman–Crippen MR) is 131 cm³/mol. The van der Waals surface area contributed by atoms with E-state index in [-0.39, 0.29) is 18.4 Å². The SMILES string of the molecule is CN(C)C(=O)c1ccc(-c2ccc(C3(C(=O)N4CCC5(C4)OC(=O)c4cnccc45)CC3)c(F)c2)cn1. The molecule has 2 fully saturated rings. The van der Waals surface area contributed by atoms with Crippen LogP contribution in [0.25, 0.3) is 11.1 Å². The molecular formula is C28H25FN4O4. The van der Waals surface area contributed by atoms with Crippen molar-refractivity contribution in [2.24, 2.45) is 0 Å². The van der Waals surface area contributed by atoms with E-state index >= 15 is 4.39 Å². The minimum absolute atomic E-state index is 0.136. The van der Waals surface area contributed by atoms with Crippen LogP contribution in [0.4, 0.5) is 4.39 Å². The van der Waals surface area contributed by atoms with E-state index < -0.39 is 22.8 Å². The third-order valence-electron chi connectivity index (χ3n) is 7.71. The van der Waals surface area contributed by atoms with Gasteiger partial charge in [0.25, 0.3) is 5.91 Å². The van der Waals surface area contributed by atoms with Crippen LogP contribution < -0.4 is 0 Å². The Morgan fingerprint density at radius 1 is 1.03 bits per heavy atom. The van der Waals surface area contributed by atoms with E-state index in [9.17, 15) is 14.4 Å². The van der Waals surface area contributed by atoms with Gasteiger partial charge in [0.05, 0.1) is 17.5 Å². The number of rotatable bonds is 4. The van der Waals surface area contributed by atoms with Crippen LogP contribution in [0.3, 0.4) is 0 Å². The molecule has 0 N–H and O–H groups in total. The van der Waals surface area contributed by atoms with Crippen LogP contribution in [0.1, 0.15) is 51.2 Å². The quantitative estimate of drug-likeness (QED) is 0.511. The largest absolute Gasteiger partial charge is 0.449 e. The number of pyridine rings is 2. The molecule has 2 aromatic heterocycles. The zero-order chi connectivity index (χ0) is 25.9. The maximum absolute atomic E-state index is 15.4. The number of hydrogen-bond acceptors (Lipinski definition) is 6. The van der Waals surface area contributed by atoms with Gasteiger partial charge in [-0.05, 0) is 36.6 Å². The lowest BCUT2D eigenvalue weighted by Crippen LogP contribution is -2.40. The zero-order valence-electron chi connectivity index (χ0n) is 20.5. The second-order valence-corrected chi connectivity index (χ2v) is 10.2. The van der Waals surface area contributed by atoms with Gasteiger partial charge in [-0.25, -0.2) is 9.18 Å². The van der Waals surface area contributed by atoms with Crippen LogP contribution in [0, 0.1) is 5.82 Å². The topological polar surface area (TPSA) is 92.7 Å². The lowest BCUT2D eigenvalue weighted by Gasteiger charge is -2.27. The predicted octanol–water partition coefficient (Wildman–Crippen LogP) is 3.31. The van der Waals surface area contributed by atoms with Crippen LogP contribution in [-0.4, -0.2) is 64.7 Å². The number of ether oxygens (including phenoxy) is 1. The fourth-order valence-electron chi connectivity index (χ4n) is 5.53. The van der Waals surface area contributed by atoms with Crippen LogP contribution in [0.2, 0.25) is 0 Å². The van der Waals surface area contributed by atoms with E-state index in [0.717, 1.165) is 5.56 Å². The van der Waals surface area contributed by atoms with Crippen molar-refractivity contribution in [3.8, 4) is 11.1 Å². The summed E-state index contributed by atoms with van der Waals surface area (Å²) in [6.07, 6.45) is 6.29. The van der Waals surface area contributed by atoms with E-state index in [1.165, 1.54) is 17.2 Å². The molecule has 1 saturated carbocycles. The Labute approximate surface area is 213 Å². The molecule has 3 aromatic rings. The van der Waals surface area contributed by atoms with E-state index in [1.807, 2.05) is 0 Å². The van der Waals surface area contributed by atoms with Gasteiger partial charge in [0.2, 0.25) is 5.91 Å². The van der Waals surface area contributed by atoms with Gasteiger partial charge >= 0.3 is 5.97 Å². The van der Waals surface area contributed by atoms with Crippen LogP contribution in [0.5, 0.6) is 0 Å². The van der Waals surface area contributed by atoms with Crippen molar-refractivity contribution >= 4 is 17.8 Å². The van der Waals surface area contributed by atoms with Gasteiger partial charge < -0.3 is 14.5 Å². The minimum atomic E-state index is -0.905. The summed E-state index contributed by atoms with van der Waals surface area (Å²) in [7, 11) is 3.30. The lowest BCUT2D eigenvalue weighted by atomic mass is 9.91. The highest BCUT2D eigenvalue weighted by atomic mass is 19.1. The van der Waals surface area contributed by atoms with Gasteiger partial charge in [0.1, 0.15) is 11.5 Å². The molecule has 1 atom stereocenters. The maximum Gasteiger partial charge on any atom is 0.341 e. The highest BCUT2D eigenvalue weighted by Gasteiger charge is 2.58. The molecule has 1 spiro atoms. The Morgan fingerprint density at radius 2 is 1.81 bits per heavy atom. The molecule has 6 rings (SSSR count). The molecule has 0 bridgehead atoms. The van der Waals surface area contributed by atoms with Crippen molar-refractivity contribution in [2.75, 3.05) is 27.2 Å². The number of likely N-dealkylation sites (tertiary alicyclic amines) is 1. The number of carbonyl (C=O) groups excluding carboxylic acids is 3.